The maximum absolute atomic E-state index is 14.6. The molecule has 1 fully saturated rings. The van der Waals surface area contributed by atoms with E-state index in [1.807, 2.05) is 18.2 Å². The van der Waals surface area contributed by atoms with Crippen LogP contribution in [0.2, 0.25) is 10.0 Å². The third-order valence-corrected chi connectivity index (χ3v) is 16.3. The predicted octanol–water partition coefficient (Wildman–Crippen LogP) is 0.442. The van der Waals surface area contributed by atoms with Crippen molar-refractivity contribution in [1.29, 1.82) is 0 Å². The van der Waals surface area contributed by atoms with Crippen LogP contribution in [-0.2, 0) is 78.4 Å². The van der Waals surface area contributed by atoms with Gasteiger partial charge >= 0.3 is 0 Å². The fourth-order valence-corrected chi connectivity index (χ4v) is 11.0. The Balaban J connectivity index is 1.13. The smallest absolute Gasteiger partial charge is 0.249 e. The van der Waals surface area contributed by atoms with Crippen LogP contribution in [-0.4, -0.2) is 171 Å². The molecule has 96 heavy (non-hydrogen) atoms. The fraction of sp³-hybridized carbons (Fsp3) is 0.424. The third-order valence-electron chi connectivity index (χ3n) is 15.8. The number of imide groups is 1. The van der Waals surface area contributed by atoms with Crippen molar-refractivity contribution >= 4 is 105 Å². The van der Waals surface area contributed by atoms with Crippen LogP contribution in [0.1, 0.15) is 89.0 Å². The average molecular weight is 1370 g/mol. The van der Waals surface area contributed by atoms with Gasteiger partial charge in [-0.2, -0.15) is 0 Å². The number of hydrogen-bond acceptors (Lipinski definition) is 15. The van der Waals surface area contributed by atoms with Gasteiger partial charge in [0.1, 0.15) is 60.1 Å². The van der Waals surface area contributed by atoms with E-state index in [0.29, 0.717) is 38.7 Å². The molecule has 5 aromatic rings. The molecule has 0 saturated carbocycles. The van der Waals surface area contributed by atoms with Gasteiger partial charge in [-0.05, 0) is 123 Å². The molecule has 0 aliphatic carbocycles. The van der Waals surface area contributed by atoms with Gasteiger partial charge in [-0.25, -0.2) is 0 Å². The van der Waals surface area contributed by atoms with Gasteiger partial charge in [0.15, 0.2) is 5.96 Å². The molecule has 1 saturated heterocycles. The van der Waals surface area contributed by atoms with Crippen molar-refractivity contribution in [2.75, 3.05) is 19.7 Å². The summed E-state index contributed by atoms with van der Waals surface area (Å²) in [7, 11) is 0. The summed E-state index contributed by atoms with van der Waals surface area (Å²) < 4.78 is 0. The molecule has 28 nitrogen and oxygen atoms in total. The number of fused-ring (bicyclic) bond motifs is 1. The number of aliphatic hydroxyl groups excluding tert-OH is 1. The van der Waals surface area contributed by atoms with Gasteiger partial charge in [0.2, 0.25) is 65.0 Å². The second-order valence-corrected chi connectivity index (χ2v) is 24.9. The lowest BCUT2D eigenvalue weighted by Gasteiger charge is -2.31. The van der Waals surface area contributed by atoms with Crippen molar-refractivity contribution in [3.05, 3.63) is 136 Å². The monoisotopic (exact) mass is 1370 g/mol. The van der Waals surface area contributed by atoms with E-state index < -0.39 is 132 Å². The van der Waals surface area contributed by atoms with Crippen LogP contribution in [0, 0.1) is 5.92 Å². The number of aromatic nitrogens is 1. The normalized spacial score (nSPS) is 15.6. The molecule has 2 heterocycles. The zero-order valence-electron chi connectivity index (χ0n) is 53.9. The summed E-state index contributed by atoms with van der Waals surface area (Å²) in [5.41, 5.74) is 20.6. The zero-order valence-corrected chi connectivity index (χ0v) is 55.4. The van der Waals surface area contributed by atoms with Crippen molar-refractivity contribution in [2.24, 2.45) is 28.1 Å². The Labute approximate surface area is 565 Å². The van der Waals surface area contributed by atoms with E-state index in [9.17, 15) is 63.0 Å². The summed E-state index contributed by atoms with van der Waals surface area (Å²) in [6.07, 6.45) is 2.08. The van der Waals surface area contributed by atoms with Gasteiger partial charge in [-0.15, -0.1) is 0 Å². The Morgan fingerprint density at radius 2 is 1.10 bits per heavy atom. The van der Waals surface area contributed by atoms with Gasteiger partial charge in [0.25, 0.3) is 0 Å². The number of nitrogens with two attached hydrogens (primary N) is 3. The number of likely N-dealkylation sites (tertiary alicyclic amines) is 1. The summed E-state index contributed by atoms with van der Waals surface area (Å²) in [6, 6.07) is 12.8. The lowest BCUT2D eigenvalue weighted by molar-refractivity contribution is -0.143. The summed E-state index contributed by atoms with van der Waals surface area (Å²) in [5.74, 6) is -9.47. The van der Waals surface area contributed by atoms with Crippen LogP contribution in [0.25, 0.3) is 10.9 Å². The number of rotatable bonds is 33. The number of hydrogen-bond donors (Lipinski definition) is 15. The Morgan fingerprint density at radius 3 is 1.71 bits per heavy atom. The number of aliphatic hydroxyl groups is 1. The number of aromatic amines is 1. The van der Waals surface area contributed by atoms with E-state index in [0.717, 1.165) is 10.9 Å². The first-order valence-corrected chi connectivity index (χ1v) is 32.1. The molecule has 18 N–H and O–H groups in total. The van der Waals surface area contributed by atoms with Crippen LogP contribution in [0.4, 0.5) is 0 Å². The molecule has 30 heteroatoms. The Hall–Kier alpha value is -9.64. The third kappa shape index (κ3) is 23.1. The zero-order chi connectivity index (χ0) is 70.3. The minimum absolute atomic E-state index is 0.0154. The van der Waals surface area contributed by atoms with Gasteiger partial charge < -0.3 is 79.8 Å². The number of nitrogens with zero attached hydrogens (tertiary/aromatic N) is 2. The summed E-state index contributed by atoms with van der Waals surface area (Å²) >= 11 is 12.1. The van der Waals surface area contributed by atoms with Gasteiger partial charge in [-0.3, -0.25) is 63.0 Å². The molecule has 10 unspecified atom stereocenters. The molecule has 1 aliphatic rings. The number of halogens is 2. The summed E-state index contributed by atoms with van der Waals surface area (Å²) in [6.45, 7) is 6.56. The molecule has 1 aliphatic heterocycles. The minimum atomic E-state index is -1.71. The minimum Gasteiger partial charge on any atom is -0.508 e. The van der Waals surface area contributed by atoms with Crippen LogP contribution in [0.15, 0.2) is 108 Å². The fourth-order valence-electron chi connectivity index (χ4n) is 10.7. The van der Waals surface area contributed by atoms with Crippen LogP contribution in [0.3, 0.4) is 0 Å². The van der Waals surface area contributed by atoms with Gasteiger partial charge in [0, 0.05) is 66.4 Å². The number of guanidine groups is 1. The standard InChI is InChI=1S/C66H85Cl2N15O13/c1-35(2)28-50(60(91)77-49(12-8-26-72-66(70)71)65(96)83-27-9-13-55(83)64(95)75-37(4)57(88)82-62(93)51(76-38(5)85)30-40-16-22-44(68)23-17-40)78-56(87)36(3)74-59(90)52(31-41-18-24-45(86)25-19-41)80-63(94)54(34-84)81-61(92)53(32-42-33-73-48-11-7-6-10-46(42)48)79-58(89)47(69)29-39-14-20-43(67)21-15-39/h6-7,10-11,14-25,33,35-37,47,49-55,73,84,86H,8-9,12-13,26-32,34,69H2,1-5H3,(H,74,90)(H,75,95)(H,76,85)(H,77,91)(H,78,87)(H,79,89)(H,80,94)(H,81,92)(H4,70,71,72)(H,82,88,93). The van der Waals surface area contributed by atoms with Crippen molar-refractivity contribution in [1.82, 2.24) is 57.7 Å². The highest BCUT2D eigenvalue weighted by Gasteiger charge is 2.40. The highest BCUT2D eigenvalue weighted by Crippen LogP contribution is 2.23. The molecule has 516 valence electrons. The molecule has 11 amide bonds. The number of phenols is 1. The van der Waals surface area contributed by atoms with Crippen LogP contribution >= 0.6 is 23.2 Å². The molecule has 10 atom stereocenters. The molecule has 1 aromatic heterocycles. The number of H-pyrrole nitrogens is 1. The predicted molar refractivity (Wildman–Crippen MR) is 359 cm³/mol. The number of phenolic OH excluding ortho intramolecular Hbond substituents is 1. The Kier molecular flexibility index (Phi) is 28.5. The number of carbonyl (C=O) groups is 11. The lowest BCUT2D eigenvalue weighted by atomic mass is 10.0. The van der Waals surface area contributed by atoms with E-state index in [1.165, 1.54) is 49.9 Å². The molecule has 6 rings (SSSR count). The molecule has 0 bridgehead atoms. The first kappa shape index (κ1) is 75.4. The van der Waals surface area contributed by atoms with Gasteiger partial charge in [-0.1, -0.05) is 91.6 Å². The van der Waals surface area contributed by atoms with E-state index in [-0.39, 0.29) is 82.1 Å². The molecule has 0 radical (unpaired) electrons. The highest BCUT2D eigenvalue weighted by molar-refractivity contribution is 6.30. The number of benzene rings is 4. The number of aromatic hydroxyl groups is 1. The van der Waals surface area contributed by atoms with E-state index in [4.69, 9.17) is 40.4 Å². The highest BCUT2D eigenvalue weighted by atomic mass is 35.5. The molecule has 0 spiro atoms. The number of carbonyl (C=O) groups excluding carboxylic acids is 11. The molecule has 4 aromatic carbocycles. The van der Waals surface area contributed by atoms with E-state index in [1.54, 1.807) is 74.6 Å². The Bertz CT molecular complexity index is 3590. The van der Waals surface area contributed by atoms with Crippen LogP contribution in [0.5, 0.6) is 5.75 Å². The van der Waals surface area contributed by atoms with Crippen molar-refractivity contribution in [3.8, 4) is 5.75 Å². The average Bonchev–Trinajstić information content (AvgIpc) is 1.63. The quantitative estimate of drug-likeness (QED) is 0.0154. The van der Waals surface area contributed by atoms with E-state index in [2.05, 4.69) is 57.8 Å². The van der Waals surface area contributed by atoms with Crippen molar-refractivity contribution in [3.63, 3.8) is 0 Å². The van der Waals surface area contributed by atoms with Crippen LogP contribution < -0.4 is 65.1 Å². The number of para-hydroxylation sites is 1. The number of aliphatic imine (C=N–C) groups is 1. The van der Waals surface area contributed by atoms with Crippen molar-refractivity contribution in [2.45, 2.75) is 153 Å². The largest absolute Gasteiger partial charge is 0.508 e. The topological polar surface area (TPSA) is 446 Å². The molecular weight excluding hydrogens is 1280 g/mol. The maximum Gasteiger partial charge on any atom is 0.249 e. The maximum atomic E-state index is 14.6. The second kappa shape index (κ2) is 36.3. The SMILES string of the molecule is CC(=O)NC(Cc1ccc(Cl)cc1)C(=O)NC(=O)C(C)NC(=O)C1CCCN1C(=O)C(CCCN=C(N)N)NC(=O)C(CC(C)C)NC(=O)C(C)NC(=O)C(Cc1ccc(O)cc1)NC(=O)C(CO)NC(=O)C(Cc1c[nH]c2ccccc12)NC(=O)C(N)Cc1ccc(Cl)cc1. The van der Waals surface area contributed by atoms with Gasteiger partial charge in [0.05, 0.1) is 12.6 Å². The summed E-state index contributed by atoms with van der Waals surface area (Å²) in [5, 5.41) is 45.5. The second-order valence-electron chi connectivity index (χ2n) is 24.0. The first-order valence-electron chi connectivity index (χ1n) is 31.4. The summed E-state index contributed by atoms with van der Waals surface area (Å²) in [4.78, 5) is 161. The lowest BCUT2D eigenvalue weighted by Crippen LogP contribution is -2.61. The molecular formula is C66H85Cl2N15O13. The number of amides is 11. The number of nitrogens with one attached hydrogen (secondary N) is 10. The van der Waals surface area contributed by atoms with Crippen molar-refractivity contribution < 1.29 is 63.0 Å². The first-order chi connectivity index (χ1) is 45.6. The van der Waals surface area contributed by atoms with E-state index >= 15 is 0 Å². The Morgan fingerprint density at radius 1 is 0.594 bits per heavy atom.